The summed E-state index contributed by atoms with van der Waals surface area (Å²) in [5.74, 6) is 0. The molecule has 2 aromatic carbocycles. The van der Waals surface area contributed by atoms with Crippen molar-refractivity contribution in [3.63, 3.8) is 0 Å². The molecule has 0 bridgehead atoms. The minimum atomic E-state index is 0.0764. The standard InChI is InChI=1S/C16H18ClNS/c1-11-3-9-15(10-4-11)19-16(12(2)18)13-5-7-14(17)8-6-13/h3-10,12,16H,18H2,1-2H3. The highest BCUT2D eigenvalue weighted by Gasteiger charge is 2.17. The normalized spacial score (nSPS) is 14.1. The first-order valence-corrected chi connectivity index (χ1v) is 7.56. The number of hydrogen-bond donors (Lipinski definition) is 1. The molecule has 2 rings (SSSR count). The molecule has 3 heteroatoms. The van der Waals surface area contributed by atoms with Crippen LogP contribution >= 0.6 is 23.4 Å². The summed E-state index contributed by atoms with van der Waals surface area (Å²) in [5, 5.41) is 0.993. The highest BCUT2D eigenvalue weighted by molar-refractivity contribution is 7.99. The Morgan fingerprint density at radius 2 is 1.58 bits per heavy atom. The van der Waals surface area contributed by atoms with E-state index in [9.17, 15) is 0 Å². The molecule has 100 valence electrons. The van der Waals surface area contributed by atoms with Gasteiger partial charge in [-0.05, 0) is 43.7 Å². The Balaban J connectivity index is 2.21. The van der Waals surface area contributed by atoms with Gasteiger partial charge in [-0.15, -0.1) is 11.8 Å². The number of thioether (sulfide) groups is 1. The SMILES string of the molecule is Cc1ccc(SC(c2ccc(Cl)cc2)C(C)N)cc1. The number of aryl methyl sites for hydroxylation is 1. The molecule has 0 saturated heterocycles. The molecule has 2 atom stereocenters. The molecule has 0 aliphatic carbocycles. The van der Waals surface area contributed by atoms with E-state index in [4.69, 9.17) is 17.3 Å². The molecule has 0 aromatic heterocycles. The molecular formula is C16H18ClNS. The van der Waals surface area contributed by atoms with Gasteiger partial charge >= 0.3 is 0 Å². The van der Waals surface area contributed by atoms with Gasteiger partial charge in [0.05, 0.1) is 0 Å². The van der Waals surface area contributed by atoms with Gasteiger partial charge in [0.1, 0.15) is 0 Å². The summed E-state index contributed by atoms with van der Waals surface area (Å²) >= 11 is 7.73. The third-order valence-corrected chi connectivity index (χ3v) is 4.71. The predicted octanol–water partition coefficient (Wildman–Crippen LogP) is 4.83. The largest absolute Gasteiger partial charge is 0.327 e. The van der Waals surface area contributed by atoms with E-state index in [1.165, 1.54) is 16.0 Å². The number of nitrogens with two attached hydrogens (primary N) is 1. The molecule has 0 aliphatic heterocycles. The van der Waals surface area contributed by atoms with Gasteiger partial charge in [-0.2, -0.15) is 0 Å². The lowest BCUT2D eigenvalue weighted by Crippen LogP contribution is -2.22. The van der Waals surface area contributed by atoms with Crippen LogP contribution in [0.1, 0.15) is 23.3 Å². The van der Waals surface area contributed by atoms with E-state index < -0.39 is 0 Å². The molecule has 1 nitrogen and oxygen atoms in total. The average molecular weight is 292 g/mol. The topological polar surface area (TPSA) is 26.0 Å². The maximum atomic E-state index is 6.13. The molecule has 2 N–H and O–H groups in total. The Hall–Kier alpha value is -0.960. The van der Waals surface area contributed by atoms with Crippen molar-refractivity contribution in [3.8, 4) is 0 Å². The summed E-state index contributed by atoms with van der Waals surface area (Å²) in [5.41, 5.74) is 8.62. The molecule has 0 amide bonds. The fourth-order valence-electron chi connectivity index (χ4n) is 1.89. The van der Waals surface area contributed by atoms with E-state index in [1.807, 2.05) is 19.1 Å². The zero-order valence-corrected chi connectivity index (χ0v) is 12.7. The van der Waals surface area contributed by atoms with Gasteiger partial charge in [-0.3, -0.25) is 0 Å². The quantitative estimate of drug-likeness (QED) is 0.817. The van der Waals surface area contributed by atoms with Gasteiger partial charge in [0.2, 0.25) is 0 Å². The Morgan fingerprint density at radius 3 is 2.11 bits per heavy atom. The van der Waals surface area contributed by atoms with Crippen molar-refractivity contribution in [1.29, 1.82) is 0 Å². The van der Waals surface area contributed by atoms with E-state index in [2.05, 4.69) is 43.3 Å². The summed E-state index contributed by atoms with van der Waals surface area (Å²) in [6, 6.07) is 16.6. The van der Waals surface area contributed by atoms with Crippen molar-refractivity contribution in [1.82, 2.24) is 0 Å². The zero-order chi connectivity index (χ0) is 13.8. The number of halogens is 1. The van der Waals surface area contributed by atoms with E-state index in [1.54, 1.807) is 11.8 Å². The third-order valence-electron chi connectivity index (χ3n) is 2.96. The second-order valence-corrected chi connectivity index (χ2v) is 6.41. The Labute approximate surface area is 124 Å². The molecule has 19 heavy (non-hydrogen) atoms. The van der Waals surface area contributed by atoms with Crippen LogP contribution < -0.4 is 5.73 Å². The van der Waals surface area contributed by atoms with Crippen molar-refractivity contribution in [2.45, 2.75) is 30.0 Å². The van der Waals surface area contributed by atoms with Gasteiger partial charge in [-0.25, -0.2) is 0 Å². The lowest BCUT2D eigenvalue weighted by atomic mass is 10.1. The molecule has 0 radical (unpaired) electrons. The summed E-state index contributed by atoms with van der Waals surface area (Å²) in [6.45, 7) is 4.14. The molecule has 2 unspecified atom stereocenters. The van der Waals surface area contributed by atoms with Crippen LogP contribution in [0.25, 0.3) is 0 Å². The van der Waals surface area contributed by atoms with Crippen molar-refractivity contribution in [2.75, 3.05) is 0 Å². The second kappa shape index (κ2) is 6.47. The lowest BCUT2D eigenvalue weighted by Gasteiger charge is -2.21. The van der Waals surface area contributed by atoms with Gasteiger partial charge in [-0.1, -0.05) is 41.4 Å². The molecule has 0 saturated carbocycles. The fraction of sp³-hybridized carbons (Fsp3) is 0.250. The van der Waals surface area contributed by atoms with Crippen LogP contribution in [0.3, 0.4) is 0 Å². The van der Waals surface area contributed by atoms with Crippen LogP contribution in [-0.2, 0) is 0 Å². The van der Waals surface area contributed by atoms with Crippen LogP contribution in [0.15, 0.2) is 53.4 Å². The zero-order valence-electron chi connectivity index (χ0n) is 11.1. The average Bonchev–Trinajstić information content (AvgIpc) is 2.39. The van der Waals surface area contributed by atoms with Crippen molar-refractivity contribution in [3.05, 3.63) is 64.7 Å². The van der Waals surface area contributed by atoms with Crippen LogP contribution in [-0.4, -0.2) is 6.04 Å². The van der Waals surface area contributed by atoms with E-state index in [0.29, 0.717) is 0 Å². The predicted molar refractivity (Wildman–Crippen MR) is 84.9 cm³/mol. The van der Waals surface area contributed by atoms with E-state index in [0.717, 1.165) is 5.02 Å². The molecular weight excluding hydrogens is 274 g/mol. The Bertz CT molecular complexity index is 519. The highest BCUT2D eigenvalue weighted by Crippen LogP contribution is 2.37. The number of rotatable bonds is 4. The summed E-state index contributed by atoms with van der Waals surface area (Å²) in [4.78, 5) is 1.24. The van der Waals surface area contributed by atoms with Gasteiger partial charge in [0.25, 0.3) is 0 Å². The first kappa shape index (κ1) is 14.4. The van der Waals surface area contributed by atoms with E-state index in [-0.39, 0.29) is 11.3 Å². The molecule has 0 fully saturated rings. The fourth-order valence-corrected chi connectivity index (χ4v) is 3.12. The van der Waals surface area contributed by atoms with Gasteiger partial charge in [0, 0.05) is 21.2 Å². The minimum Gasteiger partial charge on any atom is -0.327 e. The third kappa shape index (κ3) is 4.00. The summed E-state index contributed by atoms with van der Waals surface area (Å²) < 4.78 is 0. The molecule has 0 heterocycles. The molecule has 2 aromatic rings. The summed E-state index contributed by atoms with van der Waals surface area (Å²) in [7, 11) is 0. The minimum absolute atomic E-state index is 0.0764. The van der Waals surface area contributed by atoms with Crippen molar-refractivity contribution >= 4 is 23.4 Å². The molecule has 0 aliphatic rings. The highest BCUT2D eigenvalue weighted by atomic mass is 35.5. The van der Waals surface area contributed by atoms with Crippen LogP contribution in [0.5, 0.6) is 0 Å². The monoisotopic (exact) mass is 291 g/mol. The summed E-state index contributed by atoms with van der Waals surface area (Å²) in [6.07, 6.45) is 0. The lowest BCUT2D eigenvalue weighted by molar-refractivity contribution is 0.721. The Kier molecular flexibility index (Phi) is 4.92. The first-order chi connectivity index (χ1) is 9.06. The molecule has 0 spiro atoms. The maximum Gasteiger partial charge on any atom is 0.0492 e. The van der Waals surface area contributed by atoms with Crippen LogP contribution in [0, 0.1) is 6.92 Å². The number of benzene rings is 2. The van der Waals surface area contributed by atoms with Gasteiger partial charge in [0.15, 0.2) is 0 Å². The van der Waals surface area contributed by atoms with Crippen LogP contribution in [0.2, 0.25) is 5.02 Å². The van der Waals surface area contributed by atoms with E-state index >= 15 is 0 Å². The number of hydrogen-bond acceptors (Lipinski definition) is 2. The van der Waals surface area contributed by atoms with Gasteiger partial charge < -0.3 is 5.73 Å². The van der Waals surface area contributed by atoms with Crippen LogP contribution in [0.4, 0.5) is 0 Å². The smallest absolute Gasteiger partial charge is 0.0492 e. The van der Waals surface area contributed by atoms with Crippen molar-refractivity contribution in [2.24, 2.45) is 5.73 Å². The second-order valence-electron chi connectivity index (χ2n) is 4.76. The maximum absolute atomic E-state index is 6.13. The Morgan fingerprint density at radius 1 is 1.00 bits per heavy atom. The first-order valence-electron chi connectivity index (χ1n) is 6.30. The van der Waals surface area contributed by atoms with Crippen molar-refractivity contribution < 1.29 is 0 Å².